The molecule has 0 aliphatic heterocycles. The van der Waals surface area contributed by atoms with E-state index in [0.29, 0.717) is 12.2 Å². The van der Waals surface area contributed by atoms with Gasteiger partial charge in [-0.2, -0.15) is 5.06 Å². The largest absolute Gasteiger partial charge is 0.276 e. The van der Waals surface area contributed by atoms with Gasteiger partial charge in [-0.3, -0.25) is 9.63 Å². The highest BCUT2D eigenvalue weighted by molar-refractivity contribution is 5.69. The number of carbonyl (C=O) groups is 1. The zero-order chi connectivity index (χ0) is 10.6. The van der Waals surface area contributed by atoms with Crippen LogP contribution in [0.15, 0.2) is 18.3 Å². The van der Waals surface area contributed by atoms with Crippen LogP contribution in [0.2, 0.25) is 0 Å². The summed E-state index contributed by atoms with van der Waals surface area (Å²) >= 11 is 0. The van der Waals surface area contributed by atoms with E-state index in [-0.39, 0.29) is 0 Å². The summed E-state index contributed by atoms with van der Waals surface area (Å²) in [5.41, 5.74) is -0.432. The van der Waals surface area contributed by atoms with Crippen LogP contribution in [-0.2, 0) is 9.63 Å². The minimum Gasteiger partial charge on any atom is -0.276 e. The molecule has 0 fully saturated rings. The summed E-state index contributed by atoms with van der Waals surface area (Å²) in [6.07, 6.45) is 2.14. The first-order valence-electron chi connectivity index (χ1n) is 4.29. The molecule has 1 amide bonds. The standard InChI is InChI=1S/C10H13N2O2/c1-10(2,3)14-12(8-13)9-6-4-5-7-11-9/h5-8H,1-3H3. The number of carbonyl (C=O) groups excluding carboxylic acids is 1. The average Bonchev–Trinajstić information content (AvgIpc) is 2.14. The Labute approximate surface area is 83.5 Å². The lowest BCUT2D eigenvalue weighted by Gasteiger charge is -2.25. The molecule has 0 saturated heterocycles. The molecule has 0 spiro atoms. The van der Waals surface area contributed by atoms with Gasteiger partial charge in [0.05, 0.1) is 5.60 Å². The van der Waals surface area contributed by atoms with Gasteiger partial charge in [0.1, 0.15) is 0 Å². The van der Waals surface area contributed by atoms with Crippen molar-refractivity contribution >= 4 is 12.2 Å². The van der Waals surface area contributed by atoms with Gasteiger partial charge >= 0.3 is 0 Å². The van der Waals surface area contributed by atoms with Gasteiger partial charge in [-0.1, -0.05) is 0 Å². The van der Waals surface area contributed by atoms with Gasteiger partial charge in [-0.25, -0.2) is 4.98 Å². The van der Waals surface area contributed by atoms with Crippen molar-refractivity contribution < 1.29 is 9.63 Å². The van der Waals surface area contributed by atoms with Crippen molar-refractivity contribution in [3.63, 3.8) is 0 Å². The molecule has 0 N–H and O–H groups in total. The lowest BCUT2D eigenvalue weighted by molar-refractivity contribution is -0.120. The Balaban J connectivity index is 2.78. The maximum Gasteiger partial charge on any atom is 0.239 e. The van der Waals surface area contributed by atoms with Crippen molar-refractivity contribution in [2.75, 3.05) is 5.06 Å². The predicted octanol–water partition coefficient (Wildman–Crippen LogP) is 1.57. The molecular weight excluding hydrogens is 180 g/mol. The van der Waals surface area contributed by atoms with Crippen molar-refractivity contribution in [1.29, 1.82) is 0 Å². The van der Waals surface area contributed by atoms with Gasteiger partial charge in [0.2, 0.25) is 6.41 Å². The third-order valence-electron chi connectivity index (χ3n) is 1.28. The Morgan fingerprint density at radius 2 is 2.29 bits per heavy atom. The fourth-order valence-electron chi connectivity index (χ4n) is 0.854. The van der Waals surface area contributed by atoms with Gasteiger partial charge in [0.15, 0.2) is 5.82 Å². The Hall–Kier alpha value is -1.42. The zero-order valence-electron chi connectivity index (χ0n) is 8.52. The van der Waals surface area contributed by atoms with E-state index in [4.69, 9.17) is 4.84 Å². The Morgan fingerprint density at radius 1 is 1.57 bits per heavy atom. The summed E-state index contributed by atoms with van der Waals surface area (Å²) < 4.78 is 0. The molecule has 1 rings (SSSR count). The first kappa shape index (κ1) is 10.7. The molecule has 4 nitrogen and oxygen atoms in total. The van der Waals surface area contributed by atoms with Gasteiger partial charge in [0, 0.05) is 6.20 Å². The summed E-state index contributed by atoms with van der Waals surface area (Å²) in [6, 6.07) is 6.06. The van der Waals surface area contributed by atoms with Crippen molar-refractivity contribution in [2.45, 2.75) is 26.4 Å². The van der Waals surface area contributed by atoms with Crippen LogP contribution in [0.3, 0.4) is 0 Å². The molecule has 1 heterocycles. The van der Waals surface area contributed by atoms with Crippen LogP contribution < -0.4 is 5.06 Å². The Kier molecular flexibility index (Phi) is 3.19. The SMILES string of the molecule is CC(C)(C)ON(C=O)c1c[c]ccn1. The van der Waals surface area contributed by atoms with Crippen molar-refractivity contribution in [1.82, 2.24) is 4.98 Å². The second kappa shape index (κ2) is 4.19. The van der Waals surface area contributed by atoms with Gasteiger partial charge in [0.25, 0.3) is 0 Å². The first-order valence-corrected chi connectivity index (χ1v) is 4.29. The van der Waals surface area contributed by atoms with E-state index < -0.39 is 5.60 Å². The third kappa shape index (κ3) is 3.14. The summed E-state index contributed by atoms with van der Waals surface area (Å²) in [5, 5.41) is 1.09. The molecule has 1 aromatic heterocycles. The molecule has 1 aromatic rings. The number of hydroxylamine groups is 1. The molecule has 0 atom stereocenters. The van der Waals surface area contributed by atoms with E-state index in [1.54, 1.807) is 18.3 Å². The van der Waals surface area contributed by atoms with Gasteiger partial charge < -0.3 is 0 Å². The zero-order valence-corrected chi connectivity index (χ0v) is 8.52. The normalized spacial score (nSPS) is 11.1. The van der Waals surface area contributed by atoms with Crippen molar-refractivity contribution in [3.8, 4) is 0 Å². The number of amides is 1. The maximum absolute atomic E-state index is 10.7. The average molecular weight is 193 g/mol. The Morgan fingerprint density at radius 3 is 2.71 bits per heavy atom. The molecule has 0 unspecified atom stereocenters. The minimum atomic E-state index is -0.432. The highest BCUT2D eigenvalue weighted by Crippen LogP contribution is 2.14. The number of rotatable bonds is 3. The van der Waals surface area contributed by atoms with Gasteiger partial charge in [-0.05, 0) is 39.0 Å². The fourth-order valence-corrected chi connectivity index (χ4v) is 0.854. The quantitative estimate of drug-likeness (QED) is 0.540. The molecule has 0 aliphatic carbocycles. The smallest absolute Gasteiger partial charge is 0.239 e. The van der Waals surface area contributed by atoms with E-state index in [1.807, 2.05) is 20.8 Å². The Bertz CT molecular complexity index is 293. The monoisotopic (exact) mass is 193 g/mol. The van der Waals surface area contributed by atoms with Crippen LogP contribution >= 0.6 is 0 Å². The molecule has 0 bridgehead atoms. The van der Waals surface area contributed by atoms with Crippen LogP contribution in [0.25, 0.3) is 0 Å². The number of pyridine rings is 1. The van der Waals surface area contributed by atoms with E-state index >= 15 is 0 Å². The minimum absolute atomic E-state index is 0.428. The molecule has 4 heteroatoms. The topological polar surface area (TPSA) is 42.4 Å². The lowest BCUT2D eigenvalue weighted by atomic mass is 10.2. The second-order valence-corrected chi connectivity index (χ2v) is 3.75. The van der Waals surface area contributed by atoms with Gasteiger partial charge in [-0.15, -0.1) is 0 Å². The molecule has 1 radical (unpaired) electrons. The molecule has 75 valence electrons. The fraction of sp³-hybridized carbons (Fsp3) is 0.400. The maximum atomic E-state index is 10.7. The number of nitrogens with zero attached hydrogens (tertiary/aromatic N) is 2. The van der Waals surface area contributed by atoms with E-state index in [1.165, 1.54) is 0 Å². The highest BCUT2D eigenvalue weighted by atomic mass is 16.7. The molecule has 0 aromatic carbocycles. The van der Waals surface area contributed by atoms with Crippen molar-refractivity contribution in [2.24, 2.45) is 0 Å². The summed E-state index contributed by atoms with van der Waals surface area (Å²) in [6.45, 7) is 5.57. The van der Waals surface area contributed by atoms with Crippen LogP contribution in [-0.4, -0.2) is 17.0 Å². The molecule has 14 heavy (non-hydrogen) atoms. The second-order valence-electron chi connectivity index (χ2n) is 3.75. The third-order valence-corrected chi connectivity index (χ3v) is 1.28. The predicted molar refractivity (Wildman–Crippen MR) is 52.5 cm³/mol. The summed E-state index contributed by atoms with van der Waals surface area (Å²) in [7, 11) is 0. The summed E-state index contributed by atoms with van der Waals surface area (Å²) in [5.74, 6) is 0.428. The van der Waals surface area contributed by atoms with Crippen LogP contribution in [0.4, 0.5) is 5.82 Å². The first-order chi connectivity index (χ1) is 6.53. The number of aromatic nitrogens is 1. The number of hydrogen-bond donors (Lipinski definition) is 0. The molecule has 0 aliphatic rings. The number of anilines is 1. The van der Waals surface area contributed by atoms with Crippen LogP contribution in [0, 0.1) is 6.07 Å². The van der Waals surface area contributed by atoms with Crippen LogP contribution in [0.5, 0.6) is 0 Å². The van der Waals surface area contributed by atoms with Crippen molar-refractivity contribution in [3.05, 3.63) is 24.4 Å². The van der Waals surface area contributed by atoms with E-state index in [2.05, 4.69) is 11.1 Å². The summed E-state index contributed by atoms with van der Waals surface area (Å²) in [4.78, 5) is 20.1. The lowest BCUT2D eigenvalue weighted by Crippen LogP contribution is -2.33. The van der Waals surface area contributed by atoms with Crippen LogP contribution in [0.1, 0.15) is 20.8 Å². The van der Waals surface area contributed by atoms with E-state index in [9.17, 15) is 4.79 Å². The number of hydrogen-bond acceptors (Lipinski definition) is 3. The van der Waals surface area contributed by atoms with E-state index in [0.717, 1.165) is 5.06 Å². The molecular formula is C10H13N2O2. The highest BCUT2D eigenvalue weighted by Gasteiger charge is 2.17. The molecule has 0 saturated carbocycles.